The molecule has 0 unspecified atom stereocenters. The number of pyridine rings is 1. The van der Waals surface area contributed by atoms with Crippen molar-refractivity contribution in [1.82, 2.24) is 4.98 Å². The van der Waals surface area contributed by atoms with Gasteiger partial charge in [0.05, 0.1) is 20.1 Å². The predicted octanol–water partition coefficient (Wildman–Crippen LogP) is 3.30. The van der Waals surface area contributed by atoms with Gasteiger partial charge in [-0.1, -0.05) is 6.07 Å². The van der Waals surface area contributed by atoms with Gasteiger partial charge in [0.25, 0.3) is 0 Å². The van der Waals surface area contributed by atoms with E-state index in [-0.39, 0.29) is 22.9 Å². The lowest BCUT2D eigenvalue weighted by Gasteiger charge is -2.09. The monoisotopic (exact) mass is 396 g/mol. The maximum absolute atomic E-state index is 11.1. The number of ether oxygens (including phenoxy) is 1. The summed E-state index contributed by atoms with van der Waals surface area (Å²) < 4.78 is 6.00. The summed E-state index contributed by atoms with van der Waals surface area (Å²) in [6.45, 7) is 0. The van der Waals surface area contributed by atoms with Crippen molar-refractivity contribution in [3.63, 3.8) is 0 Å². The number of aromatic nitrogens is 1. The summed E-state index contributed by atoms with van der Waals surface area (Å²) in [5, 5.41) is 22.9. The van der Waals surface area contributed by atoms with E-state index in [0.717, 1.165) is 0 Å². The highest BCUT2D eigenvalue weighted by molar-refractivity contribution is 14.1. The lowest BCUT2D eigenvalue weighted by atomic mass is 10.2. The van der Waals surface area contributed by atoms with Crippen LogP contribution >= 0.6 is 22.6 Å². The first-order valence-corrected chi connectivity index (χ1v) is 6.83. The van der Waals surface area contributed by atoms with Crippen LogP contribution in [0.25, 0.3) is 0 Å². The molecule has 0 spiro atoms. The largest absolute Gasteiger partial charge is 0.431 e. The van der Waals surface area contributed by atoms with E-state index in [9.17, 15) is 10.1 Å². The molecule has 1 N–H and O–H groups in total. The average molecular weight is 396 g/mol. The molecule has 8 heteroatoms. The second kappa shape index (κ2) is 6.36. The zero-order valence-corrected chi connectivity index (χ0v) is 13.0. The molecule has 7 nitrogen and oxygen atoms in total. The SMILES string of the molecule is CNc1cccc(Oc2c(I)cc(C#N)cc2[N+](=O)[O-])n1. The minimum Gasteiger partial charge on any atom is -0.431 e. The van der Waals surface area contributed by atoms with Crippen molar-refractivity contribution in [3.05, 3.63) is 49.6 Å². The molecule has 106 valence electrons. The third kappa shape index (κ3) is 3.38. The molecular weight excluding hydrogens is 387 g/mol. The van der Waals surface area contributed by atoms with Crippen LogP contribution in [0.4, 0.5) is 11.5 Å². The molecule has 0 aliphatic heterocycles. The van der Waals surface area contributed by atoms with Gasteiger partial charge in [-0.15, -0.1) is 0 Å². The van der Waals surface area contributed by atoms with Gasteiger partial charge in [0.2, 0.25) is 11.6 Å². The van der Waals surface area contributed by atoms with Crippen LogP contribution in [0.2, 0.25) is 0 Å². The number of anilines is 1. The normalized spacial score (nSPS) is 9.76. The van der Waals surface area contributed by atoms with Crippen molar-refractivity contribution in [1.29, 1.82) is 5.26 Å². The fraction of sp³-hybridized carbons (Fsp3) is 0.0769. The van der Waals surface area contributed by atoms with Crippen molar-refractivity contribution >= 4 is 34.1 Å². The molecule has 2 aromatic rings. The fourth-order valence-corrected chi connectivity index (χ4v) is 2.32. The van der Waals surface area contributed by atoms with E-state index in [2.05, 4.69) is 10.3 Å². The van der Waals surface area contributed by atoms with Crippen molar-refractivity contribution in [2.24, 2.45) is 0 Å². The number of rotatable bonds is 4. The molecule has 1 aromatic carbocycles. The Labute approximate surface area is 133 Å². The lowest BCUT2D eigenvalue weighted by Crippen LogP contribution is -1.99. The number of hydrogen-bond acceptors (Lipinski definition) is 6. The second-order valence-electron chi connectivity index (χ2n) is 3.89. The van der Waals surface area contributed by atoms with Crippen LogP contribution in [0.3, 0.4) is 0 Å². The zero-order chi connectivity index (χ0) is 15.4. The fourth-order valence-electron chi connectivity index (χ4n) is 1.60. The minimum atomic E-state index is -0.583. The predicted molar refractivity (Wildman–Crippen MR) is 84.4 cm³/mol. The van der Waals surface area contributed by atoms with Crippen molar-refractivity contribution < 1.29 is 9.66 Å². The van der Waals surface area contributed by atoms with Gasteiger partial charge in [0.1, 0.15) is 5.82 Å². The topological polar surface area (TPSA) is 101 Å². The Balaban J connectivity index is 2.48. The Bertz CT molecular complexity index is 743. The van der Waals surface area contributed by atoms with E-state index < -0.39 is 4.92 Å². The van der Waals surface area contributed by atoms with Crippen LogP contribution in [0, 0.1) is 25.0 Å². The van der Waals surface area contributed by atoms with Crippen LogP contribution in [-0.4, -0.2) is 17.0 Å². The number of hydrogen-bond donors (Lipinski definition) is 1. The number of nitrogens with zero attached hydrogens (tertiary/aromatic N) is 3. The summed E-state index contributed by atoms with van der Waals surface area (Å²) in [5.41, 5.74) is -0.0644. The summed E-state index contributed by atoms with van der Waals surface area (Å²) in [7, 11) is 1.71. The van der Waals surface area contributed by atoms with Gasteiger partial charge in [-0.25, -0.2) is 0 Å². The molecule has 0 aliphatic rings. The van der Waals surface area contributed by atoms with Gasteiger partial charge in [-0.05, 0) is 34.7 Å². The second-order valence-corrected chi connectivity index (χ2v) is 5.05. The lowest BCUT2D eigenvalue weighted by molar-refractivity contribution is -0.385. The Hall–Kier alpha value is -2.41. The maximum Gasteiger partial charge on any atom is 0.314 e. The molecule has 0 bridgehead atoms. The number of benzene rings is 1. The molecule has 1 heterocycles. The molecular formula is C13H9IN4O3. The smallest absolute Gasteiger partial charge is 0.314 e. The average Bonchev–Trinajstić information content (AvgIpc) is 2.49. The zero-order valence-electron chi connectivity index (χ0n) is 10.8. The molecule has 0 radical (unpaired) electrons. The highest BCUT2D eigenvalue weighted by atomic mass is 127. The molecule has 0 fully saturated rings. The number of nitro benzene ring substituents is 1. The van der Waals surface area contributed by atoms with Crippen LogP contribution in [0.15, 0.2) is 30.3 Å². The van der Waals surface area contributed by atoms with Crippen LogP contribution in [-0.2, 0) is 0 Å². The number of halogens is 1. The van der Waals surface area contributed by atoms with E-state index in [1.54, 1.807) is 25.2 Å². The molecule has 0 saturated carbocycles. The van der Waals surface area contributed by atoms with Gasteiger partial charge < -0.3 is 10.1 Å². The minimum absolute atomic E-state index is 0.0698. The molecule has 0 atom stereocenters. The quantitative estimate of drug-likeness (QED) is 0.484. The Kier molecular flexibility index (Phi) is 4.54. The van der Waals surface area contributed by atoms with Gasteiger partial charge in [-0.2, -0.15) is 10.2 Å². The molecule has 2 rings (SSSR count). The van der Waals surface area contributed by atoms with Crippen LogP contribution in [0.1, 0.15) is 5.56 Å². The van der Waals surface area contributed by atoms with Crippen molar-refractivity contribution in [3.8, 4) is 17.7 Å². The molecule has 0 saturated heterocycles. The van der Waals surface area contributed by atoms with E-state index in [1.165, 1.54) is 12.1 Å². The summed E-state index contributed by atoms with van der Waals surface area (Å²) >= 11 is 1.89. The molecule has 0 aliphatic carbocycles. The van der Waals surface area contributed by atoms with Gasteiger partial charge in [-0.3, -0.25) is 10.1 Å². The first kappa shape index (κ1) is 15.0. The number of nitrogens with one attached hydrogen (secondary N) is 1. The highest BCUT2D eigenvalue weighted by Gasteiger charge is 2.21. The van der Waals surface area contributed by atoms with E-state index >= 15 is 0 Å². The number of nitro groups is 1. The van der Waals surface area contributed by atoms with E-state index in [1.807, 2.05) is 28.7 Å². The van der Waals surface area contributed by atoms with Crippen molar-refractivity contribution in [2.75, 3.05) is 12.4 Å². The third-order valence-electron chi connectivity index (χ3n) is 2.54. The molecule has 1 aromatic heterocycles. The third-order valence-corrected chi connectivity index (χ3v) is 3.34. The highest BCUT2D eigenvalue weighted by Crippen LogP contribution is 2.36. The summed E-state index contributed by atoms with van der Waals surface area (Å²) in [6.07, 6.45) is 0. The van der Waals surface area contributed by atoms with Crippen LogP contribution < -0.4 is 10.1 Å². The Morgan fingerprint density at radius 2 is 2.24 bits per heavy atom. The first-order chi connectivity index (χ1) is 10.0. The van der Waals surface area contributed by atoms with Crippen molar-refractivity contribution in [2.45, 2.75) is 0 Å². The van der Waals surface area contributed by atoms with Gasteiger partial charge in [0, 0.05) is 19.2 Å². The summed E-state index contributed by atoms with van der Waals surface area (Å²) in [4.78, 5) is 14.7. The van der Waals surface area contributed by atoms with E-state index in [0.29, 0.717) is 9.39 Å². The van der Waals surface area contributed by atoms with Crippen LogP contribution in [0.5, 0.6) is 11.6 Å². The summed E-state index contributed by atoms with van der Waals surface area (Å²) in [5.74, 6) is 0.881. The van der Waals surface area contributed by atoms with Gasteiger partial charge >= 0.3 is 5.69 Å². The maximum atomic E-state index is 11.1. The first-order valence-electron chi connectivity index (χ1n) is 5.76. The Morgan fingerprint density at radius 3 is 2.86 bits per heavy atom. The molecule has 21 heavy (non-hydrogen) atoms. The number of nitriles is 1. The Morgan fingerprint density at radius 1 is 1.48 bits per heavy atom. The standard InChI is InChI=1S/C13H9IN4O3/c1-16-11-3-2-4-12(17-11)21-13-9(14)5-8(7-15)6-10(13)18(19)20/h2-6H,1H3,(H,16,17). The van der Waals surface area contributed by atoms with Gasteiger partial charge in [0.15, 0.2) is 0 Å². The van der Waals surface area contributed by atoms with E-state index in [4.69, 9.17) is 10.00 Å². The summed E-state index contributed by atoms with van der Waals surface area (Å²) in [6, 6.07) is 9.64. The molecule has 0 amide bonds.